The lowest BCUT2D eigenvalue weighted by Gasteiger charge is -2.09. The molecule has 3 rings (SSSR count). The number of aromatic amines is 1. The highest BCUT2D eigenvalue weighted by molar-refractivity contribution is 5.85. The molecule has 3 nitrogen and oxygen atoms in total. The van der Waals surface area contributed by atoms with Crippen LogP contribution >= 0.6 is 0 Å². The maximum Gasteiger partial charge on any atom is 0.226 e. The van der Waals surface area contributed by atoms with Gasteiger partial charge in [0, 0.05) is 16.6 Å². The van der Waals surface area contributed by atoms with Gasteiger partial charge in [-0.1, -0.05) is 20.8 Å². The van der Waals surface area contributed by atoms with E-state index in [0.29, 0.717) is 12.5 Å². The second-order valence-electron chi connectivity index (χ2n) is 6.99. The van der Waals surface area contributed by atoms with Crippen molar-refractivity contribution < 1.29 is 4.79 Å². The third-order valence-electron chi connectivity index (χ3n) is 4.67. The summed E-state index contributed by atoms with van der Waals surface area (Å²) in [6.07, 6.45) is 2.03. The predicted octanol–water partition coefficient (Wildman–Crippen LogP) is 4.02. The Labute approximate surface area is 126 Å². The molecule has 0 unspecified atom stereocenters. The van der Waals surface area contributed by atoms with Crippen LogP contribution in [0.4, 0.5) is 0 Å². The highest BCUT2D eigenvalue weighted by Crippen LogP contribution is 2.45. The van der Waals surface area contributed by atoms with Crippen LogP contribution in [0.1, 0.15) is 56.4 Å². The van der Waals surface area contributed by atoms with Gasteiger partial charge in [-0.3, -0.25) is 4.79 Å². The van der Waals surface area contributed by atoms with Gasteiger partial charge in [-0.05, 0) is 60.4 Å². The monoisotopic (exact) mass is 284 g/mol. The molecule has 0 radical (unpaired) electrons. The number of rotatable bonds is 4. The lowest BCUT2D eigenvalue weighted by Crippen LogP contribution is -2.29. The van der Waals surface area contributed by atoms with E-state index >= 15 is 0 Å². The predicted molar refractivity (Wildman–Crippen MR) is 86.3 cm³/mol. The fourth-order valence-corrected chi connectivity index (χ4v) is 2.89. The first kappa shape index (κ1) is 14.2. The van der Waals surface area contributed by atoms with E-state index in [1.54, 1.807) is 0 Å². The fourth-order valence-electron chi connectivity index (χ4n) is 2.89. The van der Waals surface area contributed by atoms with Gasteiger partial charge in [-0.15, -0.1) is 0 Å². The number of benzene rings is 1. The number of amides is 1. The highest BCUT2D eigenvalue weighted by Gasteiger charge is 2.44. The molecule has 0 bridgehead atoms. The quantitative estimate of drug-likeness (QED) is 0.875. The van der Waals surface area contributed by atoms with Gasteiger partial charge in [0.15, 0.2) is 0 Å². The number of fused-ring (bicyclic) bond motifs is 1. The Bertz CT molecular complexity index is 693. The van der Waals surface area contributed by atoms with Crippen LogP contribution in [-0.2, 0) is 11.3 Å². The zero-order valence-electron chi connectivity index (χ0n) is 13.3. The van der Waals surface area contributed by atoms with Gasteiger partial charge in [-0.25, -0.2) is 0 Å². The lowest BCUT2D eigenvalue weighted by molar-refractivity contribution is -0.125. The summed E-state index contributed by atoms with van der Waals surface area (Å²) in [5.41, 5.74) is 4.84. The number of nitrogens with one attached hydrogen (secondary N) is 2. The van der Waals surface area contributed by atoms with Crippen molar-refractivity contribution in [3.63, 3.8) is 0 Å². The summed E-state index contributed by atoms with van der Waals surface area (Å²) in [6, 6.07) is 6.61. The molecular weight excluding hydrogens is 260 g/mol. The smallest absolute Gasteiger partial charge is 0.226 e. The van der Waals surface area contributed by atoms with Gasteiger partial charge < -0.3 is 10.3 Å². The number of H-pyrrole nitrogens is 1. The van der Waals surface area contributed by atoms with E-state index in [9.17, 15) is 4.79 Å². The second kappa shape index (κ2) is 4.90. The number of hydrogen-bond acceptors (Lipinski definition) is 1. The molecule has 1 fully saturated rings. The highest BCUT2D eigenvalue weighted by atomic mass is 16.2. The van der Waals surface area contributed by atoms with Gasteiger partial charge in [0.05, 0.1) is 6.54 Å². The van der Waals surface area contributed by atoms with Crippen molar-refractivity contribution in [2.24, 2.45) is 5.41 Å². The summed E-state index contributed by atoms with van der Waals surface area (Å²) >= 11 is 0. The Hall–Kier alpha value is -1.77. The maximum atomic E-state index is 12.0. The van der Waals surface area contributed by atoms with Crippen molar-refractivity contribution >= 4 is 16.8 Å². The van der Waals surface area contributed by atoms with Gasteiger partial charge in [0.1, 0.15) is 0 Å². The fraction of sp³-hybridized carbons (Fsp3) is 0.500. The van der Waals surface area contributed by atoms with E-state index < -0.39 is 0 Å². The summed E-state index contributed by atoms with van der Waals surface area (Å²) in [5, 5.41) is 4.27. The molecule has 1 amide bonds. The first-order valence-electron chi connectivity index (χ1n) is 7.79. The molecule has 1 aromatic heterocycles. The summed E-state index contributed by atoms with van der Waals surface area (Å²) in [6.45, 7) is 9.21. The molecule has 0 saturated heterocycles. The van der Waals surface area contributed by atoms with Crippen molar-refractivity contribution in [3.8, 4) is 0 Å². The number of aryl methyl sites for hydroxylation is 1. The SMILES string of the molecule is Cc1cc2cc(CNC(=O)C3(C)CC3)[nH]c2cc1C(C)C. The molecule has 2 aromatic rings. The summed E-state index contributed by atoms with van der Waals surface area (Å²) in [4.78, 5) is 15.4. The first-order chi connectivity index (χ1) is 9.89. The van der Waals surface area contributed by atoms with Crippen molar-refractivity contribution in [2.75, 3.05) is 0 Å². The third-order valence-corrected chi connectivity index (χ3v) is 4.67. The molecule has 0 atom stereocenters. The molecule has 3 heteroatoms. The van der Waals surface area contributed by atoms with E-state index in [-0.39, 0.29) is 11.3 Å². The topological polar surface area (TPSA) is 44.9 Å². The molecule has 21 heavy (non-hydrogen) atoms. The maximum absolute atomic E-state index is 12.0. The zero-order valence-corrected chi connectivity index (χ0v) is 13.3. The molecule has 1 aliphatic carbocycles. The van der Waals surface area contributed by atoms with Crippen molar-refractivity contribution in [1.82, 2.24) is 10.3 Å². The van der Waals surface area contributed by atoms with E-state index in [1.807, 2.05) is 6.92 Å². The first-order valence-corrected chi connectivity index (χ1v) is 7.79. The Kier molecular flexibility index (Phi) is 3.31. The van der Waals surface area contributed by atoms with Crippen LogP contribution in [0.15, 0.2) is 18.2 Å². The minimum absolute atomic E-state index is 0.104. The molecule has 112 valence electrons. The number of aromatic nitrogens is 1. The Morgan fingerprint density at radius 3 is 2.67 bits per heavy atom. The number of carbonyl (C=O) groups is 1. The Balaban J connectivity index is 1.79. The third kappa shape index (κ3) is 2.69. The molecule has 1 aromatic carbocycles. The minimum atomic E-state index is -0.104. The molecule has 1 heterocycles. The second-order valence-corrected chi connectivity index (χ2v) is 6.99. The Morgan fingerprint density at radius 1 is 1.33 bits per heavy atom. The van der Waals surface area contributed by atoms with Crippen molar-refractivity contribution in [1.29, 1.82) is 0 Å². The largest absolute Gasteiger partial charge is 0.357 e. The molecule has 1 saturated carbocycles. The molecule has 2 N–H and O–H groups in total. The molecular formula is C18H24N2O. The van der Waals surface area contributed by atoms with Crippen molar-refractivity contribution in [3.05, 3.63) is 35.0 Å². The van der Waals surface area contributed by atoms with E-state index in [2.05, 4.69) is 49.3 Å². The van der Waals surface area contributed by atoms with Crippen molar-refractivity contribution in [2.45, 2.75) is 53.0 Å². The number of carbonyl (C=O) groups excluding carboxylic acids is 1. The minimum Gasteiger partial charge on any atom is -0.357 e. The lowest BCUT2D eigenvalue weighted by atomic mass is 9.97. The van der Waals surface area contributed by atoms with Crippen LogP contribution < -0.4 is 5.32 Å². The van der Waals surface area contributed by atoms with E-state index in [1.165, 1.54) is 16.5 Å². The van der Waals surface area contributed by atoms with Crippen LogP contribution in [0.5, 0.6) is 0 Å². The van der Waals surface area contributed by atoms with Crippen LogP contribution in [-0.4, -0.2) is 10.9 Å². The van der Waals surface area contributed by atoms with Gasteiger partial charge in [-0.2, -0.15) is 0 Å². The van der Waals surface area contributed by atoms with Crippen LogP contribution in [0.25, 0.3) is 10.9 Å². The zero-order chi connectivity index (χ0) is 15.2. The average Bonchev–Trinajstić information content (AvgIpc) is 3.05. The standard InChI is InChI=1S/C18H24N2O/c1-11(2)15-9-16-13(7-12(15)3)8-14(20-16)10-19-17(21)18(4)5-6-18/h7-9,11,20H,5-6,10H2,1-4H3,(H,19,21). The van der Waals surface area contributed by atoms with Crippen LogP contribution in [0.3, 0.4) is 0 Å². The Morgan fingerprint density at radius 2 is 2.05 bits per heavy atom. The summed E-state index contributed by atoms with van der Waals surface area (Å²) < 4.78 is 0. The normalized spacial score (nSPS) is 16.4. The van der Waals surface area contributed by atoms with E-state index in [0.717, 1.165) is 24.1 Å². The molecule has 0 aliphatic heterocycles. The van der Waals surface area contributed by atoms with Gasteiger partial charge in [0.2, 0.25) is 5.91 Å². The summed E-state index contributed by atoms with van der Waals surface area (Å²) in [7, 11) is 0. The number of hydrogen-bond donors (Lipinski definition) is 2. The average molecular weight is 284 g/mol. The van der Waals surface area contributed by atoms with E-state index in [4.69, 9.17) is 0 Å². The van der Waals surface area contributed by atoms with Gasteiger partial charge in [0.25, 0.3) is 0 Å². The summed E-state index contributed by atoms with van der Waals surface area (Å²) in [5.74, 6) is 0.705. The molecule has 1 aliphatic rings. The van der Waals surface area contributed by atoms with Crippen LogP contribution in [0.2, 0.25) is 0 Å². The van der Waals surface area contributed by atoms with Gasteiger partial charge >= 0.3 is 0 Å². The van der Waals surface area contributed by atoms with Crippen LogP contribution in [0, 0.1) is 12.3 Å². The molecule has 0 spiro atoms.